The molecule has 0 saturated heterocycles. The van der Waals surface area contributed by atoms with Gasteiger partial charge in [0.05, 0.1) is 23.6 Å². The van der Waals surface area contributed by atoms with Crippen molar-refractivity contribution in [1.29, 1.82) is 0 Å². The molecule has 1 amide bonds. The highest BCUT2D eigenvalue weighted by molar-refractivity contribution is 6.32. The van der Waals surface area contributed by atoms with Crippen molar-refractivity contribution in [1.82, 2.24) is 4.90 Å². The molecule has 4 rings (SSSR count). The zero-order chi connectivity index (χ0) is 23.7. The van der Waals surface area contributed by atoms with E-state index in [1.54, 1.807) is 17.0 Å². The Bertz CT molecular complexity index is 1250. The van der Waals surface area contributed by atoms with Gasteiger partial charge in [-0.2, -0.15) is 0 Å². The van der Waals surface area contributed by atoms with Crippen LogP contribution in [0.3, 0.4) is 0 Å². The largest absolute Gasteiger partial charge is 0.494 e. The van der Waals surface area contributed by atoms with Crippen LogP contribution in [0.4, 0.5) is 0 Å². The quantitative estimate of drug-likeness (QED) is 0.378. The van der Waals surface area contributed by atoms with E-state index < -0.39 is 6.04 Å². The smallest absolute Gasteiger partial charge is 0.290 e. The number of hydrogen-bond donors (Lipinski definition) is 0. The van der Waals surface area contributed by atoms with Crippen LogP contribution in [-0.2, 0) is 0 Å². The van der Waals surface area contributed by atoms with Crippen molar-refractivity contribution in [2.75, 3.05) is 13.2 Å². The molecule has 0 saturated carbocycles. The second kappa shape index (κ2) is 9.60. The van der Waals surface area contributed by atoms with Crippen LogP contribution in [0, 0.1) is 12.8 Å². The number of nitrogens with zero attached hydrogens (tertiary/aromatic N) is 1. The first-order chi connectivity index (χ1) is 15.8. The van der Waals surface area contributed by atoms with Gasteiger partial charge < -0.3 is 14.1 Å². The number of aryl methyl sites for hydroxylation is 1. The second-order valence-electron chi connectivity index (χ2n) is 9.13. The molecule has 2 heterocycles. The lowest BCUT2D eigenvalue weighted by molar-refractivity contribution is 0.0725. The summed E-state index contributed by atoms with van der Waals surface area (Å²) in [5, 5.41) is 0.892. The maximum absolute atomic E-state index is 13.6. The van der Waals surface area contributed by atoms with Crippen LogP contribution in [0.15, 0.2) is 45.6 Å². The highest BCUT2D eigenvalue weighted by atomic mass is 35.5. The molecule has 6 heteroatoms. The van der Waals surface area contributed by atoms with Crippen LogP contribution in [0.1, 0.15) is 73.3 Å². The predicted octanol–water partition coefficient (Wildman–Crippen LogP) is 6.53. The molecule has 0 N–H and O–H groups in total. The minimum Gasteiger partial charge on any atom is -0.494 e. The summed E-state index contributed by atoms with van der Waals surface area (Å²) in [7, 11) is 0. The summed E-state index contributed by atoms with van der Waals surface area (Å²) in [5.74, 6) is 1.15. The fraction of sp³-hybridized carbons (Fsp3) is 0.407. The van der Waals surface area contributed by atoms with Crippen LogP contribution in [0.5, 0.6) is 5.75 Å². The van der Waals surface area contributed by atoms with E-state index >= 15 is 0 Å². The SMILES string of the molecule is CCCCN1C(=O)c2oc3cc(C)c(Cl)cc3c(=O)c2C1c1cccc(OCCC(C)C)c1. The molecule has 0 radical (unpaired) electrons. The lowest BCUT2D eigenvalue weighted by Gasteiger charge is -2.25. The highest BCUT2D eigenvalue weighted by Crippen LogP contribution is 2.39. The van der Waals surface area contributed by atoms with E-state index in [0.717, 1.165) is 36.1 Å². The summed E-state index contributed by atoms with van der Waals surface area (Å²) in [5.41, 5.74) is 2.18. The molecule has 1 aromatic heterocycles. The fourth-order valence-corrected chi connectivity index (χ4v) is 4.40. The number of carbonyl (C=O) groups is 1. The summed E-state index contributed by atoms with van der Waals surface area (Å²) in [6.45, 7) is 9.39. The van der Waals surface area contributed by atoms with Gasteiger partial charge in [0.1, 0.15) is 11.3 Å². The molecule has 33 heavy (non-hydrogen) atoms. The van der Waals surface area contributed by atoms with Crippen molar-refractivity contribution in [3.63, 3.8) is 0 Å². The first kappa shape index (κ1) is 23.4. The molecule has 0 spiro atoms. The number of benzene rings is 2. The van der Waals surface area contributed by atoms with Crippen molar-refractivity contribution >= 4 is 28.5 Å². The van der Waals surface area contributed by atoms with Gasteiger partial charge in [-0.15, -0.1) is 0 Å². The molecule has 1 aliphatic rings. The minimum absolute atomic E-state index is 0.126. The van der Waals surface area contributed by atoms with E-state index in [4.69, 9.17) is 20.8 Å². The number of amides is 1. The Morgan fingerprint density at radius 1 is 1.18 bits per heavy atom. The zero-order valence-corrected chi connectivity index (χ0v) is 20.4. The number of rotatable bonds is 8. The Morgan fingerprint density at radius 3 is 2.70 bits per heavy atom. The standard InChI is InChI=1S/C27H30ClNO4/c1-5-6-11-29-24(18-8-7-9-19(14-18)32-12-10-16(2)3)23-25(30)20-15-21(28)17(4)13-22(20)33-26(23)27(29)31/h7-9,13-16,24H,5-6,10-12H2,1-4H3. The Kier molecular flexibility index (Phi) is 6.80. The number of carbonyl (C=O) groups excluding carboxylic acids is 1. The van der Waals surface area contributed by atoms with Crippen molar-refractivity contribution in [3.8, 4) is 5.75 Å². The lowest BCUT2D eigenvalue weighted by Crippen LogP contribution is -2.30. The first-order valence-electron chi connectivity index (χ1n) is 11.6. The van der Waals surface area contributed by atoms with Crippen LogP contribution >= 0.6 is 11.6 Å². The van der Waals surface area contributed by atoms with Crippen molar-refractivity contribution in [3.05, 3.63) is 74.1 Å². The Balaban J connectivity index is 1.83. The molecule has 3 aromatic rings. The summed E-state index contributed by atoms with van der Waals surface area (Å²) in [6.07, 6.45) is 2.72. The second-order valence-corrected chi connectivity index (χ2v) is 9.54. The summed E-state index contributed by atoms with van der Waals surface area (Å²) >= 11 is 6.31. The first-order valence-corrected chi connectivity index (χ1v) is 12.0. The molecular weight excluding hydrogens is 438 g/mol. The third kappa shape index (κ3) is 4.51. The molecule has 174 valence electrons. The number of fused-ring (bicyclic) bond motifs is 2. The molecule has 2 aromatic carbocycles. The van der Waals surface area contributed by atoms with Crippen LogP contribution in [-0.4, -0.2) is 24.0 Å². The Hall–Kier alpha value is -2.79. The number of halogens is 1. The summed E-state index contributed by atoms with van der Waals surface area (Å²) in [4.78, 5) is 28.8. The van der Waals surface area contributed by atoms with Crippen LogP contribution in [0.2, 0.25) is 5.02 Å². The Labute approximate surface area is 199 Å². The fourth-order valence-electron chi connectivity index (χ4n) is 4.23. The Morgan fingerprint density at radius 2 is 1.97 bits per heavy atom. The highest BCUT2D eigenvalue weighted by Gasteiger charge is 2.42. The monoisotopic (exact) mass is 467 g/mol. The molecule has 5 nitrogen and oxygen atoms in total. The van der Waals surface area contributed by atoms with Gasteiger partial charge in [-0.05, 0) is 61.1 Å². The molecule has 0 bridgehead atoms. The molecule has 1 unspecified atom stereocenters. The zero-order valence-electron chi connectivity index (χ0n) is 19.6. The normalized spacial score (nSPS) is 15.5. The van der Waals surface area contributed by atoms with E-state index in [1.165, 1.54) is 0 Å². The summed E-state index contributed by atoms with van der Waals surface area (Å²) < 4.78 is 12.0. The van der Waals surface area contributed by atoms with Crippen LogP contribution in [0.25, 0.3) is 11.0 Å². The molecule has 1 aliphatic heterocycles. The molecule has 0 aliphatic carbocycles. The minimum atomic E-state index is -0.520. The van der Waals surface area contributed by atoms with Gasteiger partial charge >= 0.3 is 0 Å². The molecular formula is C27H30ClNO4. The van der Waals surface area contributed by atoms with Gasteiger partial charge in [0.15, 0.2) is 5.43 Å². The average Bonchev–Trinajstić information content (AvgIpc) is 3.05. The van der Waals surface area contributed by atoms with Gasteiger partial charge in [-0.3, -0.25) is 9.59 Å². The van der Waals surface area contributed by atoms with Crippen LogP contribution < -0.4 is 10.2 Å². The maximum Gasteiger partial charge on any atom is 0.290 e. The lowest BCUT2D eigenvalue weighted by atomic mass is 9.98. The summed E-state index contributed by atoms with van der Waals surface area (Å²) in [6, 6.07) is 10.5. The molecule has 1 atom stereocenters. The third-order valence-corrected chi connectivity index (χ3v) is 6.54. The van der Waals surface area contributed by atoms with Crippen molar-refractivity contribution in [2.45, 2.75) is 53.0 Å². The van der Waals surface area contributed by atoms with Crippen molar-refractivity contribution < 1.29 is 13.9 Å². The van der Waals surface area contributed by atoms with E-state index in [-0.39, 0.29) is 17.1 Å². The van der Waals surface area contributed by atoms with Gasteiger partial charge in [-0.25, -0.2) is 0 Å². The third-order valence-electron chi connectivity index (χ3n) is 6.14. The van der Waals surface area contributed by atoms with Gasteiger partial charge in [0, 0.05) is 11.6 Å². The van der Waals surface area contributed by atoms with Gasteiger partial charge in [0.2, 0.25) is 5.76 Å². The van der Waals surface area contributed by atoms with E-state index in [9.17, 15) is 9.59 Å². The van der Waals surface area contributed by atoms with Crippen molar-refractivity contribution in [2.24, 2.45) is 5.92 Å². The average molecular weight is 468 g/mol. The predicted molar refractivity (Wildman–Crippen MR) is 131 cm³/mol. The van der Waals surface area contributed by atoms with E-state index in [2.05, 4.69) is 20.8 Å². The molecule has 0 fully saturated rings. The van der Waals surface area contributed by atoms with Gasteiger partial charge in [-0.1, -0.05) is 50.9 Å². The number of ether oxygens (including phenoxy) is 1. The topological polar surface area (TPSA) is 59.8 Å². The van der Waals surface area contributed by atoms with E-state index in [0.29, 0.717) is 40.6 Å². The number of hydrogen-bond acceptors (Lipinski definition) is 4. The maximum atomic E-state index is 13.6. The van der Waals surface area contributed by atoms with Gasteiger partial charge in [0.25, 0.3) is 5.91 Å². The number of unbranched alkanes of at least 4 members (excludes halogenated alkanes) is 1. The van der Waals surface area contributed by atoms with E-state index in [1.807, 2.05) is 31.2 Å².